The van der Waals surface area contributed by atoms with Crippen LogP contribution in [0.1, 0.15) is 31.4 Å². The lowest BCUT2D eigenvalue weighted by molar-refractivity contribution is -0.140. The summed E-state index contributed by atoms with van der Waals surface area (Å²) in [7, 11) is -1.25. The summed E-state index contributed by atoms with van der Waals surface area (Å²) in [6, 6.07) is 19.4. The van der Waals surface area contributed by atoms with E-state index < -0.39 is 28.5 Å². The van der Waals surface area contributed by atoms with E-state index in [-0.39, 0.29) is 23.0 Å². The molecule has 0 spiro atoms. The third-order valence-electron chi connectivity index (χ3n) is 6.60. The molecule has 0 aromatic heterocycles. The molecule has 0 fully saturated rings. The van der Waals surface area contributed by atoms with Gasteiger partial charge < -0.3 is 19.7 Å². The van der Waals surface area contributed by atoms with Gasteiger partial charge in [-0.15, -0.1) is 0 Å². The minimum Gasteiger partial charge on any atom is -0.493 e. The van der Waals surface area contributed by atoms with Crippen molar-refractivity contribution in [3.05, 3.63) is 83.9 Å². The lowest BCUT2D eigenvalue weighted by Crippen LogP contribution is -2.52. The molecular weight excluding hydrogens is 530 g/mol. The van der Waals surface area contributed by atoms with E-state index in [2.05, 4.69) is 5.32 Å². The second-order valence-electron chi connectivity index (χ2n) is 9.13. The van der Waals surface area contributed by atoms with Gasteiger partial charge in [0.15, 0.2) is 11.5 Å². The maximum atomic E-state index is 14.1. The molecule has 0 saturated heterocycles. The maximum absolute atomic E-state index is 14.1. The SMILES string of the molecule is CCNC(=O)[C@H](CC)N(Cc1ccccc1C)C(=O)CN(c1ccc(OC)c(OC)c1)S(=O)(=O)c1ccccc1. The number of ether oxygens (including phenoxy) is 2. The molecule has 9 nitrogen and oxygen atoms in total. The molecule has 0 bridgehead atoms. The van der Waals surface area contributed by atoms with Crippen molar-refractivity contribution in [2.24, 2.45) is 0 Å². The molecule has 1 N–H and O–H groups in total. The van der Waals surface area contributed by atoms with Crippen LogP contribution in [0.25, 0.3) is 0 Å². The van der Waals surface area contributed by atoms with Gasteiger partial charge in [0.2, 0.25) is 11.8 Å². The molecule has 0 aliphatic heterocycles. The molecule has 0 saturated carbocycles. The Morgan fingerprint density at radius 2 is 1.55 bits per heavy atom. The van der Waals surface area contributed by atoms with Gasteiger partial charge in [0.05, 0.1) is 24.8 Å². The first-order valence-corrected chi connectivity index (χ1v) is 14.5. The number of likely N-dealkylation sites (N-methyl/N-ethyl adjacent to an activating group) is 1. The zero-order valence-corrected chi connectivity index (χ0v) is 24.4. The third kappa shape index (κ3) is 6.93. The number of hydrogen-bond donors (Lipinski definition) is 1. The lowest BCUT2D eigenvalue weighted by Gasteiger charge is -2.33. The van der Waals surface area contributed by atoms with Gasteiger partial charge in [0.25, 0.3) is 10.0 Å². The van der Waals surface area contributed by atoms with Crippen molar-refractivity contribution in [2.45, 2.75) is 44.7 Å². The number of sulfonamides is 1. The van der Waals surface area contributed by atoms with Gasteiger partial charge in [0, 0.05) is 19.2 Å². The van der Waals surface area contributed by atoms with Crippen molar-refractivity contribution in [3.8, 4) is 11.5 Å². The van der Waals surface area contributed by atoms with E-state index >= 15 is 0 Å². The van der Waals surface area contributed by atoms with E-state index in [1.54, 1.807) is 30.3 Å². The molecule has 10 heteroatoms. The van der Waals surface area contributed by atoms with E-state index in [9.17, 15) is 18.0 Å². The van der Waals surface area contributed by atoms with Crippen LogP contribution < -0.4 is 19.1 Å². The molecule has 0 unspecified atom stereocenters. The first-order chi connectivity index (χ1) is 19.2. The summed E-state index contributed by atoms with van der Waals surface area (Å²) in [5.41, 5.74) is 2.04. The van der Waals surface area contributed by atoms with Crippen LogP contribution in [0, 0.1) is 6.92 Å². The van der Waals surface area contributed by atoms with E-state index in [0.29, 0.717) is 24.5 Å². The molecule has 214 valence electrons. The number of nitrogens with zero attached hydrogens (tertiary/aromatic N) is 2. The summed E-state index contributed by atoms with van der Waals surface area (Å²) < 4.78 is 39.6. The van der Waals surface area contributed by atoms with Crippen molar-refractivity contribution >= 4 is 27.5 Å². The van der Waals surface area contributed by atoms with Crippen LogP contribution in [-0.2, 0) is 26.2 Å². The maximum Gasteiger partial charge on any atom is 0.264 e. The Morgan fingerprint density at radius 1 is 0.900 bits per heavy atom. The number of amides is 2. The van der Waals surface area contributed by atoms with E-state index in [1.807, 2.05) is 45.0 Å². The monoisotopic (exact) mass is 567 g/mol. The number of nitrogens with one attached hydrogen (secondary N) is 1. The molecule has 40 heavy (non-hydrogen) atoms. The standard InChI is InChI=1S/C30H37N3O6S/c1-6-26(30(35)31-7-2)32(20-23-14-12-11-13-22(23)3)29(34)21-33(40(36,37)25-15-9-8-10-16-25)24-17-18-27(38-4)28(19-24)39-5/h8-19,26H,6-7,20-21H2,1-5H3,(H,31,35)/t26-/m0/s1. The van der Waals surface area contributed by atoms with Gasteiger partial charge in [0.1, 0.15) is 12.6 Å². The summed E-state index contributed by atoms with van der Waals surface area (Å²) in [6.07, 6.45) is 0.352. The Balaban J connectivity index is 2.11. The minimum atomic E-state index is -4.18. The Morgan fingerprint density at radius 3 is 2.15 bits per heavy atom. The molecule has 0 radical (unpaired) electrons. The smallest absolute Gasteiger partial charge is 0.264 e. The van der Waals surface area contributed by atoms with Gasteiger partial charge in [-0.05, 0) is 55.7 Å². The number of aryl methyl sites for hydroxylation is 1. The highest BCUT2D eigenvalue weighted by molar-refractivity contribution is 7.92. The third-order valence-corrected chi connectivity index (χ3v) is 8.39. The van der Waals surface area contributed by atoms with Crippen LogP contribution >= 0.6 is 0 Å². The van der Waals surface area contributed by atoms with Crippen molar-refractivity contribution in [1.29, 1.82) is 0 Å². The number of methoxy groups -OCH3 is 2. The molecule has 3 aromatic carbocycles. The van der Waals surface area contributed by atoms with Crippen LogP contribution in [0.3, 0.4) is 0 Å². The Hall–Kier alpha value is -4.05. The number of carbonyl (C=O) groups is 2. The largest absolute Gasteiger partial charge is 0.493 e. The average molecular weight is 568 g/mol. The van der Waals surface area contributed by atoms with Gasteiger partial charge in [-0.25, -0.2) is 8.42 Å². The summed E-state index contributed by atoms with van der Waals surface area (Å²) in [4.78, 5) is 28.6. The Kier molecular flexibility index (Phi) is 10.6. The summed E-state index contributed by atoms with van der Waals surface area (Å²) in [5.74, 6) is -0.0875. The first kappa shape index (κ1) is 30.5. The number of anilines is 1. The predicted molar refractivity (Wildman–Crippen MR) is 155 cm³/mol. The van der Waals surface area contributed by atoms with E-state index in [4.69, 9.17) is 9.47 Å². The predicted octanol–water partition coefficient (Wildman–Crippen LogP) is 4.15. The van der Waals surface area contributed by atoms with Crippen LogP contribution in [0.5, 0.6) is 11.5 Å². The molecule has 2 amide bonds. The van der Waals surface area contributed by atoms with Crippen LogP contribution in [0.4, 0.5) is 5.69 Å². The van der Waals surface area contributed by atoms with Gasteiger partial charge in [-0.3, -0.25) is 13.9 Å². The number of rotatable bonds is 13. The Bertz CT molecular complexity index is 1410. The highest BCUT2D eigenvalue weighted by atomic mass is 32.2. The number of benzene rings is 3. The van der Waals surface area contributed by atoms with Crippen molar-refractivity contribution in [2.75, 3.05) is 31.6 Å². The fraction of sp³-hybridized carbons (Fsp3) is 0.333. The molecule has 1 atom stereocenters. The minimum absolute atomic E-state index is 0.0267. The summed E-state index contributed by atoms with van der Waals surface area (Å²) in [5, 5.41) is 2.81. The van der Waals surface area contributed by atoms with Crippen LogP contribution in [-0.4, -0.2) is 58.5 Å². The van der Waals surface area contributed by atoms with Crippen LogP contribution in [0.15, 0.2) is 77.7 Å². The summed E-state index contributed by atoms with van der Waals surface area (Å²) in [6.45, 7) is 5.58. The first-order valence-electron chi connectivity index (χ1n) is 13.1. The van der Waals surface area contributed by atoms with Crippen molar-refractivity contribution in [1.82, 2.24) is 10.2 Å². The molecule has 0 heterocycles. The average Bonchev–Trinajstić information content (AvgIpc) is 2.96. The number of hydrogen-bond acceptors (Lipinski definition) is 6. The normalized spacial score (nSPS) is 11.8. The van der Waals surface area contributed by atoms with E-state index in [0.717, 1.165) is 15.4 Å². The lowest BCUT2D eigenvalue weighted by atomic mass is 10.1. The zero-order valence-electron chi connectivity index (χ0n) is 23.6. The fourth-order valence-electron chi connectivity index (χ4n) is 4.41. The number of carbonyl (C=O) groups excluding carboxylic acids is 2. The highest BCUT2D eigenvalue weighted by Crippen LogP contribution is 2.34. The van der Waals surface area contributed by atoms with Crippen molar-refractivity contribution < 1.29 is 27.5 Å². The van der Waals surface area contributed by atoms with Crippen molar-refractivity contribution in [3.63, 3.8) is 0 Å². The fourth-order valence-corrected chi connectivity index (χ4v) is 5.84. The second-order valence-corrected chi connectivity index (χ2v) is 11.0. The Labute approximate surface area is 236 Å². The molecule has 0 aliphatic carbocycles. The molecule has 3 rings (SSSR count). The topological polar surface area (TPSA) is 105 Å². The van der Waals surface area contributed by atoms with Gasteiger partial charge in [-0.1, -0.05) is 49.4 Å². The van der Waals surface area contributed by atoms with Gasteiger partial charge >= 0.3 is 0 Å². The second kappa shape index (κ2) is 13.8. The van der Waals surface area contributed by atoms with E-state index in [1.165, 1.54) is 37.3 Å². The zero-order chi connectivity index (χ0) is 29.3. The molecule has 0 aliphatic rings. The molecule has 3 aromatic rings. The molecular formula is C30H37N3O6S. The van der Waals surface area contributed by atoms with Gasteiger partial charge in [-0.2, -0.15) is 0 Å². The quantitative estimate of drug-likeness (QED) is 0.333. The highest BCUT2D eigenvalue weighted by Gasteiger charge is 2.34. The summed E-state index contributed by atoms with van der Waals surface area (Å²) >= 11 is 0. The van der Waals surface area contributed by atoms with Crippen LogP contribution in [0.2, 0.25) is 0 Å².